The van der Waals surface area contributed by atoms with E-state index in [-0.39, 0.29) is 0 Å². The number of nitrogens with zero attached hydrogens (tertiary/aromatic N) is 4. The summed E-state index contributed by atoms with van der Waals surface area (Å²) < 4.78 is 7.60. The Kier molecular flexibility index (Phi) is 5.48. The summed E-state index contributed by atoms with van der Waals surface area (Å²) in [6.45, 7) is 2.56. The van der Waals surface area contributed by atoms with Crippen molar-refractivity contribution in [3.63, 3.8) is 0 Å². The lowest BCUT2D eigenvalue weighted by Gasteiger charge is -2.11. The van der Waals surface area contributed by atoms with Crippen LogP contribution in [-0.2, 0) is 0 Å². The molecular formula is C19H21N5OS. The zero-order chi connectivity index (χ0) is 18.5. The predicted octanol–water partition coefficient (Wildman–Crippen LogP) is 3.95. The Morgan fingerprint density at radius 1 is 1.23 bits per heavy atom. The molecule has 0 saturated carbocycles. The molecule has 0 unspecified atom stereocenters. The van der Waals surface area contributed by atoms with Gasteiger partial charge in [-0.05, 0) is 49.0 Å². The van der Waals surface area contributed by atoms with Crippen LogP contribution in [0.1, 0.15) is 12.5 Å². The summed E-state index contributed by atoms with van der Waals surface area (Å²) in [5.74, 6) is 1.42. The summed E-state index contributed by atoms with van der Waals surface area (Å²) in [6, 6.07) is 15.8. The second kappa shape index (κ2) is 7.97. The molecule has 0 aliphatic rings. The standard InChI is InChI=1S/C19H21N5OS/c1-4-25-17-7-5-6-15(12-17)18-21-22-19(26)24(18)20-13-14-8-10-16(11-9-14)23(2)3/h5-13H,4H2,1-3H3,(H,22,26)/b20-13+. The fourth-order valence-corrected chi connectivity index (χ4v) is 2.64. The van der Waals surface area contributed by atoms with Crippen molar-refractivity contribution < 1.29 is 4.74 Å². The second-order valence-corrected chi connectivity index (χ2v) is 6.24. The predicted molar refractivity (Wildman–Crippen MR) is 108 cm³/mol. The number of nitrogens with one attached hydrogen (secondary N) is 1. The van der Waals surface area contributed by atoms with Gasteiger partial charge in [0.25, 0.3) is 0 Å². The van der Waals surface area contributed by atoms with E-state index in [1.54, 1.807) is 10.9 Å². The highest BCUT2D eigenvalue weighted by Crippen LogP contribution is 2.22. The molecule has 3 aromatic rings. The molecule has 0 radical (unpaired) electrons. The van der Waals surface area contributed by atoms with Crippen molar-refractivity contribution >= 4 is 24.1 Å². The summed E-state index contributed by atoms with van der Waals surface area (Å²) in [4.78, 5) is 2.05. The third kappa shape index (κ3) is 4.00. The average molecular weight is 367 g/mol. The van der Waals surface area contributed by atoms with Gasteiger partial charge < -0.3 is 9.64 Å². The normalized spacial score (nSPS) is 11.0. The molecule has 0 spiro atoms. The molecular weight excluding hydrogens is 346 g/mol. The lowest BCUT2D eigenvalue weighted by Crippen LogP contribution is -2.08. The molecule has 1 aromatic heterocycles. The molecule has 0 aliphatic heterocycles. The van der Waals surface area contributed by atoms with Crippen molar-refractivity contribution in [2.45, 2.75) is 6.92 Å². The molecule has 1 heterocycles. The van der Waals surface area contributed by atoms with Gasteiger partial charge in [-0.3, -0.25) is 0 Å². The first-order valence-electron chi connectivity index (χ1n) is 8.31. The number of benzene rings is 2. The van der Waals surface area contributed by atoms with Crippen molar-refractivity contribution in [2.24, 2.45) is 5.10 Å². The minimum atomic E-state index is 0.433. The molecule has 1 N–H and O–H groups in total. The van der Waals surface area contributed by atoms with Gasteiger partial charge in [-0.1, -0.05) is 24.3 Å². The smallest absolute Gasteiger partial charge is 0.216 e. The number of aromatic nitrogens is 3. The van der Waals surface area contributed by atoms with Crippen LogP contribution in [-0.4, -0.2) is 41.8 Å². The highest BCUT2D eigenvalue weighted by atomic mass is 32.1. The molecule has 0 aliphatic carbocycles. The van der Waals surface area contributed by atoms with E-state index in [1.807, 2.05) is 69.6 Å². The summed E-state index contributed by atoms with van der Waals surface area (Å²) in [5.41, 5.74) is 2.99. The summed E-state index contributed by atoms with van der Waals surface area (Å²) in [6.07, 6.45) is 1.76. The monoisotopic (exact) mass is 367 g/mol. The van der Waals surface area contributed by atoms with Crippen LogP contribution in [0.4, 0.5) is 5.69 Å². The van der Waals surface area contributed by atoms with E-state index in [2.05, 4.69) is 20.2 Å². The van der Waals surface area contributed by atoms with Gasteiger partial charge in [-0.25, -0.2) is 5.10 Å². The fourth-order valence-electron chi connectivity index (χ4n) is 2.46. The fraction of sp³-hybridized carbons (Fsp3) is 0.211. The van der Waals surface area contributed by atoms with Crippen LogP contribution in [0.2, 0.25) is 0 Å². The van der Waals surface area contributed by atoms with E-state index >= 15 is 0 Å². The first-order chi connectivity index (χ1) is 12.6. The Morgan fingerprint density at radius 2 is 2.00 bits per heavy atom. The molecule has 2 aromatic carbocycles. The second-order valence-electron chi connectivity index (χ2n) is 5.86. The van der Waals surface area contributed by atoms with Crippen LogP contribution in [0.3, 0.4) is 0 Å². The highest BCUT2D eigenvalue weighted by molar-refractivity contribution is 7.71. The summed E-state index contributed by atoms with van der Waals surface area (Å²) in [5, 5.41) is 11.6. The molecule has 0 atom stereocenters. The quantitative estimate of drug-likeness (QED) is 0.529. The molecule has 3 rings (SSSR count). The van der Waals surface area contributed by atoms with E-state index in [1.165, 1.54) is 0 Å². The molecule has 0 saturated heterocycles. The number of hydrogen-bond donors (Lipinski definition) is 1. The minimum absolute atomic E-state index is 0.433. The maximum atomic E-state index is 5.56. The minimum Gasteiger partial charge on any atom is -0.494 e. The van der Waals surface area contributed by atoms with Gasteiger partial charge in [-0.15, -0.1) is 0 Å². The van der Waals surface area contributed by atoms with Crippen molar-refractivity contribution in [3.8, 4) is 17.1 Å². The summed E-state index contributed by atoms with van der Waals surface area (Å²) >= 11 is 5.32. The molecule has 26 heavy (non-hydrogen) atoms. The van der Waals surface area contributed by atoms with Gasteiger partial charge in [-0.2, -0.15) is 14.9 Å². The summed E-state index contributed by atoms with van der Waals surface area (Å²) in [7, 11) is 4.02. The lowest BCUT2D eigenvalue weighted by atomic mass is 10.2. The molecule has 6 nitrogen and oxygen atoms in total. The molecule has 134 valence electrons. The lowest BCUT2D eigenvalue weighted by molar-refractivity contribution is 0.340. The van der Waals surface area contributed by atoms with E-state index in [0.717, 1.165) is 22.6 Å². The van der Waals surface area contributed by atoms with Crippen molar-refractivity contribution in [2.75, 3.05) is 25.6 Å². The number of rotatable bonds is 6. The largest absolute Gasteiger partial charge is 0.494 e. The Hall–Kier alpha value is -2.93. The number of ether oxygens (including phenoxy) is 1. The number of H-pyrrole nitrogens is 1. The molecule has 0 fully saturated rings. The van der Waals surface area contributed by atoms with Crippen LogP contribution >= 0.6 is 12.2 Å². The third-order valence-corrected chi connectivity index (χ3v) is 4.05. The van der Waals surface area contributed by atoms with Crippen molar-refractivity contribution in [1.29, 1.82) is 0 Å². The molecule has 7 heteroatoms. The van der Waals surface area contributed by atoms with Crippen molar-refractivity contribution in [3.05, 3.63) is 58.9 Å². The average Bonchev–Trinajstić information content (AvgIpc) is 3.01. The van der Waals surface area contributed by atoms with E-state index < -0.39 is 0 Å². The zero-order valence-electron chi connectivity index (χ0n) is 15.0. The van der Waals surface area contributed by atoms with Gasteiger partial charge in [0.15, 0.2) is 5.82 Å². The first-order valence-corrected chi connectivity index (χ1v) is 8.71. The van der Waals surface area contributed by atoms with Crippen LogP contribution in [0, 0.1) is 4.77 Å². The molecule has 0 bridgehead atoms. The number of anilines is 1. The number of aromatic amines is 1. The van der Waals surface area contributed by atoms with Gasteiger partial charge in [0.1, 0.15) is 5.75 Å². The SMILES string of the molecule is CCOc1cccc(-c2n[nH]c(=S)n2/N=C/c2ccc(N(C)C)cc2)c1. The van der Waals surface area contributed by atoms with Gasteiger partial charge >= 0.3 is 0 Å². The Labute approximate surface area is 157 Å². The van der Waals surface area contributed by atoms with E-state index in [0.29, 0.717) is 17.2 Å². The Balaban J connectivity index is 1.91. The zero-order valence-corrected chi connectivity index (χ0v) is 15.8. The van der Waals surface area contributed by atoms with Gasteiger partial charge in [0, 0.05) is 25.3 Å². The van der Waals surface area contributed by atoms with E-state index in [9.17, 15) is 0 Å². The maximum Gasteiger partial charge on any atom is 0.216 e. The Bertz CT molecular complexity index is 957. The van der Waals surface area contributed by atoms with Gasteiger partial charge in [0.05, 0.1) is 12.8 Å². The topological polar surface area (TPSA) is 58.4 Å². The first kappa shape index (κ1) is 17.9. The van der Waals surface area contributed by atoms with Crippen LogP contribution in [0.5, 0.6) is 5.75 Å². The van der Waals surface area contributed by atoms with Crippen LogP contribution < -0.4 is 9.64 Å². The highest BCUT2D eigenvalue weighted by Gasteiger charge is 2.09. The maximum absolute atomic E-state index is 5.56. The van der Waals surface area contributed by atoms with E-state index in [4.69, 9.17) is 17.0 Å². The molecule has 0 amide bonds. The van der Waals surface area contributed by atoms with Crippen LogP contribution in [0.15, 0.2) is 53.6 Å². The van der Waals surface area contributed by atoms with Crippen molar-refractivity contribution in [1.82, 2.24) is 14.9 Å². The van der Waals surface area contributed by atoms with Gasteiger partial charge in [0.2, 0.25) is 4.77 Å². The Morgan fingerprint density at radius 3 is 2.69 bits per heavy atom. The third-order valence-electron chi connectivity index (χ3n) is 3.79. The number of hydrogen-bond acceptors (Lipinski definition) is 5. The van der Waals surface area contributed by atoms with Crippen LogP contribution in [0.25, 0.3) is 11.4 Å².